The number of amides is 2. The number of hydrogen-bond acceptors (Lipinski definition) is 3. The van der Waals surface area contributed by atoms with Crippen LogP contribution in [0.1, 0.15) is 54.6 Å². The zero-order valence-corrected chi connectivity index (χ0v) is 15.5. The third-order valence-electron chi connectivity index (χ3n) is 3.98. The van der Waals surface area contributed by atoms with Crippen LogP contribution in [0.2, 0.25) is 0 Å². The lowest BCUT2D eigenvalue weighted by Gasteiger charge is -2.06. The molecule has 0 saturated heterocycles. The Bertz CT molecular complexity index is 778. The topological polar surface area (TPSA) is 70.6 Å². The maximum absolute atomic E-state index is 12.2. The number of unbranched alkanes of at least 4 members (excludes halogenated alkanes) is 1. The summed E-state index contributed by atoms with van der Waals surface area (Å²) >= 11 is 0. The molecule has 0 aromatic heterocycles. The number of benzene rings is 2. The van der Waals surface area contributed by atoms with Gasteiger partial charge in [-0.1, -0.05) is 43.2 Å². The second-order valence-electron chi connectivity index (χ2n) is 6.23. The fraction of sp³-hybridized carbons (Fsp3) is 0.286. The molecule has 0 atom stereocenters. The molecule has 0 bridgehead atoms. The number of carbonyl (C=O) groups is 2. The van der Waals surface area contributed by atoms with Crippen LogP contribution in [0.4, 0.5) is 5.69 Å². The normalized spacial score (nSPS) is 11.1. The summed E-state index contributed by atoms with van der Waals surface area (Å²) in [5.41, 5.74) is 6.59. The first-order chi connectivity index (χ1) is 12.5. The molecule has 0 saturated carbocycles. The fourth-order valence-electron chi connectivity index (χ4n) is 2.32. The molecule has 2 rings (SSSR count). The molecule has 0 spiro atoms. The van der Waals surface area contributed by atoms with E-state index in [0.29, 0.717) is 17.7 Å². The Morgan fingerprint density at radius 1 is 0.962 bits per heavy atom. The molecule has 2 N–H and O–H groups in total. The smallest absolute Gasteiger partial charge is 0.271 e. The summed E-state index contributed by atoms with van der Waals surface area (Å²) in [6.45, 7) is 5.91. The highest BCUT2D eigenvalue weighted by molar-refractivity contribution is 6.01. The summed E-state index contributed by atoms with van der Waals surface area (Å²) < 4.78 is 0. The zero-order chi connectivity index (χ0) is 18.9. The molecule has 0 unspecified atom stereocenters. The lowest BCUT2D eigenvalue weighted by atomic mass is 10.1. The van der Waals surface area contributed by atoms with Crippen LogP contribution in [0.3, 0.4) is 0 Å². The van der Waals surface area contributed by atoms with Crippen molar-refractivity contribution in [1.82, 2.24) is 5.43 Å². The molecule has 0 aliphatic rings. The molecule has 2 aromatic rings. The first-order valence-corrected chi connectivity index (χ1v) is 8.81. The Labute approximate surface area is 154 Å². The molecule has 5 heteroatoms. The third kappa shape index (κ3) is 5.84. The Morgan fingerprint density at radius 3 is 2.19 bits per heavy atom. The summed E-state index contributed by atoms with van der Waals surface area (Å²) in [4.78, 5) is 23.9. The standard InChI is InChI=1S/C21H25N3O2/c1-4-5-6-20(25)22-19-13-11-18(12-14-19)21(26)24-23-16(3)17-9-7-15(2)8-10-17/h7-14H,4-6H2,1-3H3,(H,22,25)(H,24,26)/b23-16+. The maximum atomic E-state index is 12.2. The van der Waals surface area contributed by atoms with Gasteiger partial charge in [0, 0.05) is 17.7 Å². The number of hydrogen-bond donors (Lipinski definition) is 2. The molecule has 136 valence electrons. The predicted octanol–water partition coefficient (Wildman–Crippen LogP) is 4.28. The summed E-state index contributed by atoms with van der Waals surface area (Å²) in [5, 5.41) is 6.97. The van der Waals surface area contributed by atoms with Crippen LogP contribution in [0.25, 0.3) is 0 Å². The van der Waals surface area contributed by atoms with E-state index in [0.717, 1.165) is 24.1 Å². The first-order valence-electron chi connectivity index (χ1n) is 8.81. The number of anilines is 1. The number of hydrazone groups is 1. The van der Waals surface area contributed by atoms with Gasteiger partial charge in [-0.2, -0.15) is 5.10 Å². The van der Waals surface area contributed by atoms with Crippen LogP contribution in [-0.4, -0.2) is 17.5 Å². The summed E-state index contributed by atoms with van der Waals surface area (Å²) in [6, 6.07) is 14.7. The molecule has 0 aliphatic carbocycles. The van der Waals surface area contributed by atoms with Gasteiger partial charge in [-0.25, -0.2) is 5.43 Å². The van der Waals surface area contributed by atoms with Crippen molar-refractivity contribution in [2.75, 3.05) is 5.32 Å². The quantitative estimate of drug-likeness (QED) is 0.577. The average Bonchev–Trinajstić information content (AvgIpc) is 2.65. The third-order valence-corrected chi connectivity index (χ3v) is 3.98. The lowest BCUT2D eigenvalue weighted by Crippen LogP contribution is -2.19. The lowest BCUT2D eigenvalue weighted by molar-refractivity contribution is -0.116. The van der Waals surface area contributed by atoms with E-state index in [1.165, 1.54) is 5.56 Å². The van der Waals surface area contributed by atoms with Gasteiger partial charge in [-0.15, -0.1) is 0 Å². The van der Waals surface area contributed by atoms with E-state index < -0.39 is 0 Å². The van der Waals surface area contributed by atoms with Gasteiger partial charge in [-0.05, 0) is 50.1 Å². The van der Waals surface area contributed by atoms with Crippen molar-refractivity contribution in [2.45, 2.75) is 40.0 Å². The molecule has 26 heavy (non-hydrogen) atoms. The summed E-state index contributed by atoms with van der Waals surface area (Å²) in [6.07, 6.45) is 2.35. The molecule has 5 nitrogen and oxygen atoms in total. The van der Waals surface area contributed by atoms with E-state index in [4.69, 9.17) is 0 Å². The highest BCUT2D eigenvalue weighted by Gasteiger charge is 2.06. The first kappa shape index (κ1) is 19.4. The van der Waals surface area contributed by atoms with Gasteiger partial charge in [0.25, 0.3) is 5.91 Å². The van der Waals surface area contributed by atoms with Crippen LogP contribution < -0.4 is 10.7 Å². The second kappa shape index (κ2) is 9.51. The Morgan fingerprint density at radius 2 is 1.58 bits per heavy atom. The van der Waals surface area contributed by atoms with Gasteiger partial charge in [-0.3, -0.25) is 9.59 Å². The molecule has 2 aromatic carbocycles. The molecule has 0 fully saturated rings. The molecule has 0 radical (unpaired) electrons. The Balaban J connectivity index is 1.94. The van der Waals surface area contributed by atoms with Crippen molar-refractivity contribution in [2.24, 2.45) is 5.10 Å². The van der Waals surface area contributed by atoms with Crippen molar-refractivity contribution < 1.29 is 9.59 Å². The minimum atomic E-state index is -0.291. The van der Waals surface area contributed by atoms with E-state index in [9.17, 15) is 9.59 Å². The SMILES string of the molecule is CCCCC(=O)Nc1ccc(C(=O)N/N=C(\C)c2ccc(C)cc2)cc1. The molecular weight excluding hydrogens is 326 g/mol. The van der Waals surface area contributed by atoms with Crippen molar-refractivity contribution in [1.29, 1.82) is 0 Å². The summed E-state index contributed by atoms with van der Waals surface area (Å²) in [7, 11) is 0. The van der Waals surface area contributed by atoms with E-state index >= 15 is 0 Å². The highest BCUT2D eigenvalue weighted by Crippen LogP contribution is 2.11. The highest BCUT2D eigenvalue weighted by atomic mass is 16.2. The number of carbonyl (C=O) groups excluding carboxylic acids is 2. The average molecular weight is 351 g/mol. The van der Waals surface area contributed by atoms with Gasteiger partial charge in [0.05, 0.1) is 5.71 Å². The number of aryl methyl sites for hydroxylation is 1. The minimum absolute atomic E-state index is 0.0117. The molecule has 0 aliphatic heterocycles. The fourth-order valence-corrected chi connectivity index (χ4v) is 2.32. The van der Waals surface area contributed by atoms with Crippen LogP contribution >= 0.6 is 0 Å². The van der Waals surface area contributed by atoms with Gasteiger partial charge in [0.15, 0.2) is 0 Å². The van der Waals surface area contributed by atoms with Crippen molar-refractivity contribution in [3.8, 4) is 0 Å². The number of rotatable bonds is 7. The largest absolute Gasteiger partial charge is 0.326 e. The van der Waals surface area contributed by atoms with Crippen LogP contribution in [0.5, 0.6) is 0 Å². The van der Waals surface area contributed by atoms with E-state index in [1.54, 1.807) is 24.3 Å². The zero-order valence-electron chi connectivity index (χ0n) is 15.5. The van der Waals surface area contributed by atoms with E-state index in [2.05, 4.69) is 15.8 Å². The monoisotopic (exact) mass is 351 g/mol. The maximum Gasteiger partial charge on any atom is 0.271 e. The molecular formula is C21H25N3O2. The summed E-state index contributed by atoms with van der Waals surface area (Å²) in [5.74, 6) is -0.303. The van der Waals surface area contributed by atoms with Crippen molar-refractivity contribution in [3.63, 3.8) is 0 Å². The van der Waals surface area contributed by atoms with Crippen LogP contribution in [0, 0.1) is 6.92 Å². The van der Waals surface area contributed by atoms with E-state index in [-0.39, 0.29) is 11.8 Å². The van der Waals surface area contributed by atoms with Gasteiger partial charge in [0.2, 0.25) is 5.91 Å². The van der Waals surface area contributed by atoms with Crippen LogP contribution in [-0.2, 0) is 4.79 Å². The number of nitrogens with zero attached hydrogens (tertiary/aromatic N) is 1. The number of nitrogens with one attached hydrogen (secondary N) is 2. The van der Waals surface area contributed by atoms with Crippen molar-refractivity contribution >= 4 is 23.2 Å². The van der Waals surface area contributed by atoms with Gasteiger partial charge in [0.1, 0.15) is 0 Å². The Hall–Kier alpha value is -2.95. The predicted molar refractivity (Wildman–Crippen MR) is 105 cm³/mol. The van der Waals surface area contributed by atoms with E-state index in [1.807, 2.05) is 45.0 Å². The molecule has 0 heterocycles. The molecule has 2 amide bonds. The van der Waals surface area contributed by atoms with Gasteiger partial charge < -0.3 is 5.32 Å². The second-order valence-corrected chi connectivity index (χ2v) is 6.23. The van der Waals surface area contributed by atoms with Crippen molar-refractivity contribution in [3.05, 3.63) is 65.2 Å². The van der Waals surface area contributed by atoms with Crippen LogP contribution in [0.15, 0.2) is 53.6 Å². The van der Waals surface area contributed by atoms with Gasteiger partial charge >= 0.3 is 0 Å². The minimum Gasteiger partial charge on any atom is -0.326 e. The Kier molecular flexibility index (Phi) is 7.09.